The molecule has 0 fully saturated rings. The molecule has 0 aromatic heterocycles. The molecule has 46 heavy (non-hydrogen) atoms. The lowest BCUT2D eigenvalue weighted by molar-refractivity contribution is 0.642. The van der Waals surface area contributed by atoms with Crippen molar-refractivity contribution in [3.63, 3.8) is 0 Å². The first kappa shape index (κ1) is 28.0. The summed E-state index contributed by atoms with van der Waals surface area (Å²) in [7, 11) is 0. The van der Waals surface area contributed by atoms with Crippen LogP contribution >= 0.6 is 0 Å². The summed E-state index contributed by atoms with van der Waals surface area (Å²) in [4.78, 5) is 2.42. The van der Waals surface area contributed by atoms with Crippen molar-refractivity contribution in [2.24, 2.45) is 0 Å². The monoisotopic (exact) mass is 595 g/mol. The van der Waals surface area contributed by atoms with E-state index in [0.29, 0.717) is 6.42 Å². The van der Waals surface area contributed by atoms with Crippen LogP contribution in [0.15, 0.2) is 176 Å². The number of hydrogen-bond acceptors (Lipinski definition) is 1. The van der Waals surface area contributed by atoms with Crippen LogP contribution in [0.5, 0.6) is 0 Å². The Labute approximate surface area is 270 Å². The van der Waals surface area contributed by atoms with Crippen molar-refractivity contribution in [2.75, 3.05) is 4.90 Å². The molecule has 0 spiro atoms. The number of hydrogen-bond donors (Lipinski definition) is 0. The second kappa shape index (κ2) is 11.5. The molecular formula is C44H34FN. The Kier molecular flexibility index (Phi) is 6.99. The molecule has 0 saturated carbocycles. The topological polar surface area (TPSA) is 3.24 Å². The SMILES string of the molecule is CC1(c2ccccc2)c2cc(-c3ccccc3)ccc2N(c2ccc(-c3ccccc3)cc2)c2ccc(C3C=CC(F)=CC3)cc21. The highest BCUT2D eigenvalue weighted by Crippen LogP contribution is 2.56. The van der Waals surface area contributed by atoms with Crippen molar-refractivity contribution in [2.45, 2.75) is 24.7 Å². The van der Waals surface area contributed by atoms with Crippen LogP contribution in [0.4, 0.5) is 21.5 Å². The highest BCUT2D eigenvalue weighted by molar-refractivity contribution is 5.89. The fourth-order valence-electron chi connectivity index (χ4n) is 7.23. The second-order valence-electron chi connectivity index (χ2n) is 12.4. The van der Waals surface area contributed by atoms with Gasteiger partial charge in [0.25, 0.3) is 0 Å². The largest absolute Gasteiger partial charge is 0.310 e. The van der Waals surface area contributed by atoms with E-state index >= 15 is 0 Å². The van der Waals surface area contributed by atoms with Crippen molar-refractivity contribution in [3.8, 4) is 22.3 Å². The van der Waals surface area contributed by atoms with E-state index in [1.807, 2.05) is 6.08 Å². The van der Waals surface area contributed by atoms with E-state index < -0.39 is 5.41 Å². The van der Waals surface area contributed by atoms with Gasteiger partial charge in [-0.3, -0.25) is 0 Å². The summed E-state index contributed by atoms with van der Waals surface area (Å²) >= 11 is 0. The van der Waals surface area contributed by atoms with Crippen molar-refractivity contribution in [1.82, 2.24) is 0 Å². The zero-order valence-corrected chi connectivity index (χ0v) is 25.8. The molecule has 2 atom stereocenters. The molecule has 1 heterocycles. The molecule has 0 bridgehead atoms. The Bertz CT molecular complexity index is 2080. The Hall–Kier alpha value is -5.47. The van der Waals surface area contributed by atoms with Gasteiger partial charge in [0.05, 0.1) is 11.4 Å². The van der Waals surface area contributed by atoms with Gasteiger partial charge in [-0.25, -0.2) is 4.39 Å². The van der Waals surface area contributed by atoms with Crippen LogP contribution in [0.3, 0.4) is 0 Å². The Morgan fingerprint density at radius 3 is 1.76 bits per heavy atom. The third kappa shape index (κ3) is 4.78. The number of benzene rings is 6. The molecule has 0 N–H and O–H groups in total. The predicted molar refractivity (Wildman–Crippen MR) is 190 cm³/mol. The van der Waals surface area contributed by atoms with Gasteiger partial charge in [0.1, 0.15) is 5.83 Å². The van der Waals surface area contributed by atoms with Crippen LogP contribution in [-0.4, -0.2) is 0 Å². The lowest BCUT2D eigenvalue weighted by atomic mass is 9.66. The third-order valence-electron chi connectivity index (χ3n) is 9.75. The van der Waals surface area contributed by atoms with Gasteiger partial charge >= 0.3 is 0 Å². The van der Waals surface area contributed by atoms with Gasteiger partial charge in [0.15, 0.2) is 0 Å². The van der Waals surface area contributed by atoms with Crippen LogP contribution < -0.4 is 4.90 Å². The second-order valence-corrected chi connectivity index (χ2v) is 12.4. The number of rotatable bonds is 5. The van der Waals surface area contributed by atoms with Crippen molar-refractivity contribution >= 4 is 17.1 Å². The molecule has 2 heteroatoms. The molecule has 6 aromatic rings. The quantitative estimate of drug-likeness (QED) is 0.192. The van der Waals surface area contributed by atoms with E-state index in [2.05, 4.69) is 163 Å². The lowest BCUT2D eigenvalue weighted by Gasteiger charge is -2.45. The molecule has 0 amide bonds. The Morgan fingerprint density at radius 2 is 1.13 bits per heavy atom. The number of fused-ring (bicyclic) bond motifs is 2. The highest BCUT2D eigenvalue weighted by Gasteiger charge is 2.42. The van der Waals surface area contributed by atoms with Crippen LogP contribution in [0.2, 0.25) is 0 Å². The standard InChI is InChI=1S/C44H34FN/c1-44(37-15-9-4-10-16-37)40-29-35(32-13-7-3-8-14-32)21-27-42(40)46(39-25-19-33(20-26-39)31-11-5-2-6-12-31)43-28-22-36(30-41(43)44)34-17-23-38(45)24-18-34/h2-17,19-30,34H,18H2,1H3. The summed E-state index contributed by atoms with van der Waals surface area (Å²) in [6, 6.07) is 54.7. The number of allylic oxidation sites excluding steroid dienone is 4. The van der Waals surface area contributed by atoms with Crippen molar-refractivity contribution in [3.05, 3.63) is 198 Å². The van der Waals surface area contributed by atoms with Crippen molar-refractivity contribution in [1.29, 1.82) is 0 Å². The van der Waals surface area contributed by atoms with Gasteiger partial charge in [-0.15, -0.1) is 0 Å². The fraction of sp³-hybridized carbons (Fsp3) is 0.0909. The smallest absolute Gasteiger partial charge is 0.118 e. The predicted octanol–water partition coefficient (Wildman–Crippen LogP) is 12.1. The van der Waals surface area contributed by atoms with Gasteiger partial charge < -0.3 is 4.90 Å². The Morgan fingerprint density at radius 1 is 0.587 bits per heavy atom. The average Bonchev–Trinajstić information content (AvgIpc) is 3.13. The minimum Gasteiger partial charge on any atom is -0.310 e. The van der Waals surface area contributed by atoms with E-state index in [0.717, 1.165) is 11.4 Å². The van der Waals surface area contributed by atoms with E-state index in [9.17, 15) is 4.39 Å². The van der Waals surface area contributed by atoms with E-state index in [4.69, 9.17) is 0 Å². The molecule has 8 rings (SSSR count). The van der Waals surface area contributed by atoms with Crippen LogP contribution in [0.25, 0.3) is 22.3 Å². The zero-order valence-electron chi connectivity index (χ0n) is 25.8. The number of halogens is 1. The summed E-state index contributed by atoms with van der Waals surface area (Å²) in [6.45, 7) is 2.37. The van der Waals surface area contributed by atoms with Crippen LogP contribution in [-0.2, 0) is 5.41 Å². The first-order valence-electron chi connectivity index (χ1n) is 16.0. The summed E-state index contributed by atoms with van der Waals surface area (Å²) in [5, 5.41) is 0. The number of nitrogens with zero attached hydrogens (tertiary/aromatic N) is 1. The highest BCUT2D eigenvalue weighted by atomic mass is 19.1. The molecule has 2 unspecified atom stereocenters. The molecule has 1 aliphatic heterocycles. The maximum absolute atomic E-state index is 14.0. The molecule has 0 saturated heterocycles. The fourth-order valence-corrected chi connectivity index (χ4v) is 7.23. The van der Waals surface area contributed by atoms with Gasteiger partial charge in [0, 0.05) is 17.0 Å². The first-order valence-corrected chi connectivity index (χ1v) is 16.0. The molecule has 0 radical (unpaired) electrons. The van der Waals surface area contributed by atoms with Crippen molar-refractivity contribution < 1.29 is 4.39 Å². The minimum atomic E-state index is -0.438. The summed E-state index contributed by atoms with van der Waals surface area (Å²) in [6.07, 6.45) is 5.96. The van der Waals surface area contributed by atoms with Crippen LogP contribution in [0.1, 0.15) is 41.5 Å². The zero-order chi connectivity index (χ0) is 31.1. The van der Waals surface area contributed by atoms with Gasteiger partial charge in [0.2, 0.25) is 0 Å². The Balaban J connectivity index is 1.36. The maximum Gasteiger partial charge on any atom is 0.118 e. The van der Waals surface area contributed by atoms with Gasteiger partial charge in [-0.2, -0.15) is 0 Å². The lowest BCUT2D eigenvalue weighted by Crippen LogP contribution is -2.34. The molecule has 2 aliphatic rings. The average molecular weight is 596 g/mol. The van der Waals surface area contributed by atoms with E-state index in [1.165, 1.54) is 50.2 Å². The molecule has 1 nitrogen and oxygen atoms in total. The number of anilines is 3. The molecular weight excluding hydrogens is 561 g/mol. The summed E-state index contributed by atoms with van der Waals surface area (Å²) in [5.41, 5.74) is 12.7. The van der Waals surface area contributed by atoms with Gasteiger partial charge in [-0.1, -0.05) is 127 Å². The van der Waals surface area contributed by atoms with E-state index in [1.54, 1.807) is 12.2 Å². The normalized spacial score (nSPS) is 18.4. The van der Waals surface area contributed by atoms with Gasteiger partial charge in [-0.05, 0) is 100 Å². The third-order valence-corrected chi connectivity index (χ3v) is 9.75. The molecule has 222 valence electrons. The summed E-state index contributed by atoms with van der Waals surface area (Å²) < 4.78 is 14.0. The summed E-state index contributed by atoms with van der Waals surface area (Å²) in [5.74, 6) is -0.0312. The first-order chi connectivity index (χ1) is 22.6. The van der Waals surface area contributed by atoms with Crippen LogP contribution in [0, 0.1) is 0 Å². The molecule has 1 aliphatic carbocycles. The van der Waals surface area contributed by atoms with E-state index in [-0.39, 0.29) is 11.7 Å². The molecule has 6 aromatic carbocycles. The minimum absolute atomic E-state index is 0.125. The maximum atomic E-state index is 14.0.